The zero-order valence-corrected chi connectivity index (χ0v) is 12.8. The third-order valence-corrected chi connectivity index (χ3v) is 3.23. The van der Waals surface area contributed by atoms with Gasteiger partial charge in [0.15, 0.2) is 5.78 Å². The Bertz CT molecular complexity index is 689. The second kappa shape index (κ2) is 7.88. The molecule has 0 saturated heterocycles. The minimum absolute atomic E-state index is 0.117. The summed E-state index contributed by atoms with van der Waals surface area (Å²) in [5.74, 6) is 0.499. The van der Waals surface area contributed by atoms with Gasteiger partial charge >= 0.3 is 0 Å². The summed E-state index contributed by atoms with van der Waals surface area (Å²) >= 11 is 0. The van der Waals surface area contributed by atoms with Crippen LogP contribution in [0.2, 0.25) is 0 Å². The summed E-state index contributed by atoms with van der Waals surface area (Å²) in [5.41, 5.74) is 0.644. The Morgan fingerprint density at radius 3 is 2.65 bits per heavy atom. The lowest BCUT2D eigenvalue weighted by Crippen LogP contribution is -2.10. The highest BCUT2D eigenvalue weighted by molar-refractivity contribution is 5.99. The van der Waals surface area contributed by atoms with E-state index in [1.165, 1.54) is 19.1 Å². The quantitative estimate of drug-likeness (QED) is 0.336. The van der Waals surface area contributed by atoms with Crippen LogP contribution < -0.4 is 10.6 Å². The normalized spacial score (nSPS) is 10.1. The number of hydrogen-bond donors (Lipinski definition) is 2. The first-order chi connectivity index (χ1) is 11.1. The predicted octanol–water partition coefficient (Wildman–Crippen LogP) is 3.11. The van der Waals surface area contributed by atoms with Crippen molar-refractivity contribution in [2.45, 2.75) is 13.3 Å². The number of nitrogens with one attached hydrogen (secondary N) is 2. The maximum atomic E-state index is 11.5. The molecular weight excluding hydrogens is 296 g/mol. The van der Waals surface area contributed by atoms with Crippen molar-refractivity contribution < 1.29 is 9.72 Å². The van der Waals surface area contributed by atoms with Crippen molar-refractivity contribution in [2.24, 2.45) is 0 Å². The number of benzene rings is 1. The minimum atomic E-state index is -0.544. The summed E-state index contributed by atoms with van der Waals surface area (Å²) < 4.78 is 0. The van der Waals surface area contributed by atoms with Gasteiger partial charge in [0, 0.05) is 31.0 Å². The second-order valence-corrected chi connectivity index (χ2v) is 4.97. The first-order valence-corrected chi connectivity index (χ1v) is 7.26. The van der Waals surface area contributed by atoms with Crippen LogP contribution in [0.15, 0.2) is 42.6 Å². The maximum Gasteiger partial charge on any atom is 0.280 e. The van der Waals surface area contributed by atoms with Crippen molar-refractivity contribution in [3.05, 3.63) is 58.3 Å². The Hall–Kier alpha value is -2.96. The number of aromatic nitrogens is 1. The molecule has 0 fully saturated rings. The van der Waals surface area contributed by atoms with E-state index in [1.54, 1.807) is 12.3 Å². The van der Waals surface area contributed by atoms with Gasteiger partial charge in [-0.05, 0) is 37.6 Å². The predicted molar refractivity (Wildman–Crippen MR) is 88.9 cm³/mol. The van der Waals surface area contributed by atoms with Crippen LogP contribution in [0, 0.1) is 10.1 Å². The Labute approximate surface area is 133 Å². The number of nitrogens with zero attached hydrogens (tertiary/aromatic N) is 2. The van der Waals surface area contributed by atoms with Gasteiger partial charge in [-0.25, -0.2) is 4.98 Å². The average Bonchev–Trinajstić information content (AvgIpc) is 2.55. The van der Waals surface area contributed by atoms with E-state index in [4.69, 9.17) is 0 Å². The molecule has 0 bridgehead atoms. The monoisotopic (exact) mass is 314 g/mol. The summed E-state index contributed by atoms with van der Waals surface area (Å²) in [6.45, 7) is 2.74. The Morgan fingerprint density at radius 2 is 2.00 bits per heavy atom. The molecule has 23 heavy (non-hydrogen) atoms. The Morgan fingerprint density at radius 1 is 1.22 bits per heavy atom. The molecule has 120 valence electrons. The Balaban J connectivity index is 1.85. The molecule has 0 aliphatic heterocycles. The van der Waals surface area contributed by atoms with E-state index in [2.05, 4.69) is 15.6 Å². The summed E-state index contributed by atoms with van der Waals surface area (Å²) in [6, 6.07) is 10.1. The van der Waals surface area contributed by atoms with Gasteiger partial charge in [0.1, 0.15) is 5.82 Å². The molecule has 1 aromatic heterocycles. The minimum Gasteiger partial charge on any atom is -0.385 e. The number of anilines is 2. The molecule has 7 heteroatoms. The van der Waals surface area contributed by atoms with Crippen molar-refractivity contribution in [3.63, 3.8) is 0 Å². The zero-order chi connectivity index (χ0) is 16.7. The smallest absolute Gasteiger partial charge is 0.280 e. The molecule has 0 amide bonds. The van der Waals surface area contributed by atoms with Gasteiger partial charge in [0.05, 0.1) is 10.5 Å². The molecule has 2 aromatic rings. The van der Waals surface area contributed by atoms with E-state index in [9.17, 15) is 14.9 Å². The largest absolute Gasteiger partial charge is 0.385 e. The summed E-state index contributed by atoms with van der Waals surface area (Å²) in [5, 5.41) is 17.2. The summed E-state index contributed by atoms with van der Waals surface area (Å²) in [4.78, 5) is 26.0. The van der Waals surface area contributed by atoms with Crippen LogP contribution in [0.3, 0.4) is 0 Å². The fourth-order valence-electron chi connectivity index (χ4n) is 2.09. The molecule has 1 heterocycles. The van der Waals surface area contributed by atoms with Gasteiger partial charge in [-0.15, -0.1) is 0 Å². The fraction of sp³-hybridized carbons (Fsp3) is 0.250. The SMILES string of the molecule is CC(=O)c1cc(NCCCNc2ccccn2)ccc1[N+](=O)[O-]. The van der Waals surface area contributed by atoms with E-state index < -0.39 is 4.92 Å². The van der Waals surface area contributed by atoms with Crippen molar-refractivity contribution in [3.8, 4) is 0 Å². The molecule has 2 N–H and O–H groups in total. The third-order valence-electron chi connectivity index (χ3n) is 3.23. The topological polar surface area (TPSA) is 97.2 Å². The molecule has 0 aliphatic carbocycles. The zero-order valence-electron chi connectivity index (χ0n) is 12.8. The maximum absolute atomic E-state index is 11.5. The number of Topliss-reactive ketones (excluding diaryl/α,β-unsaturated/α-hetero) is 1. The first-order valence-electron chi connectivity index (χ1n) is 7.26. The van der Waals surface area contributed by atoms with Gasteiger partial charge in [-0.1, -0.05) is 6.07 Å². The van der Waals surface area contributed by atoms with Crippen LogP contribution >= 0.6 is 0 Å². The number of carbonyl (C=O) groups is 1. The van der Waals surface area contributed by atoms with Crippen LogP contribution in [0.25, 0.3) is 0 Å². The molecule has 7 nitrogen and oxygen atoms in total. The highest BCUT2D eigenvalue weighted by Crippen LogP contribution is 2.23. The van der Waals surface area contributed by atoms with E-state index in [1.807, 2.05) is 18.2 Å². The number of hydrogen-bond acceptors (Lipinski definition) is 6. The van der Waals surface area contributed by atoms with Gasteiger partial charge in [0.2, 0.25) is 0 Å². The van der Waals surface area contributed by atoms with E-state index >= 15 is 0 Å². The van der Waals surface area contributed by atoms with Crippen LogP contribution in [0.4, 0.5) is 17.2 Å². The molecule has 0 aliphatic rings. The molecule has 2 rings (SSSR count). The number of pyridine rings is 1. The molecule has 0 spiro atoms. The van der Waals surface area contributed by atoms with Crippen LogP contribution in [0.1, 0.15) is 23.7 Å². The highest BCUT2D eigenvalue weighted by atomic mass is 16.6. The number of rotatable bonds is 8. The van der Waals surface area contributed by atoms with Gasteiger partial charge < -0.3 is 10.6 Å². The highest BCUT2D eigenvalue weighted by Gasteiger charge is 2.17. The Kier molecular flexibility index (Phi) is 5.62. The molecule has 1 aromatic carbocycles. The second-order valence-electron chi connectivity index (χ2n) is 4.97. The third kappa shape index (κ3) is 4.77. The average molecular weight is 314 g/mol. The van der Waals surface area contributed by atoms with Crippen molar-refractivity contribution in [1.82, 2.24) is 4.98 Å². The van der Waals surface area contributed by atoms with E-state index in [-0.39, 0.29) is 17.0 Å². The van der Waals surface area contributed by atoms with Crippen LogP contribution in [-0.4, -0.2) is 28.8 Å². The summed E-state index contributed by atoms with van der Waals surface area (Å²) in [6.07, 6.45) is 2.56. The lowest BCUT2D eigenvalue weighted by Gasteiger charge is -2.09. The number of nitro benzene ring substituents is 1. The molecule has 0 saturated carbocycles. The van der Waals surface area contributed by atoms with Gasteiger partial charge in [0.25, 0.3) is 5.69 Å². The van der Waals surface area contributed by atoms with Crippen LogP contribution in [-0.2, 0) is 0 Å². The van der Waals surface area contributed by atoms with Crippen molar-refractivity contribution >= 4 is 23.0 Å². The fourth-order valence-corrected chi connectivity index (χ4v) is 2.09. The van der Waals surface area contributed by atoms with E-state index in [0.717, 1.165) is 18.8 Å². The number of carbonyl (C=O) groups excluding carboxylic acids is 1. The van der Waals surface area contributed by atoms with Gasteiger partial charge in [-0.3, -0.25) is 14.9 Å². The van der Waals surface area contributed by atoms with Gasteiger partial charge in [-0.2, -0.15) is 0 Å². The lowest BCUT2D eigenvalue weighted by atomic mass is 10.1. The van der Waals surface area contributed by atoms with Crippen molar-refractivity contribution in [1.29, 1.82) is 0 Å². The molecule has 0 atom stereocenters. The van der Waals surface area contributed by atoms with E-state index in [0.29, 0.717) is 12.2 Å². The number of nitro groups is 1. The standard InChI is InChI=1S/C16H18N4O3/c1-12(21)14-11-13(6-7-15(14)20(22)23)17-9-4-10-19-16-5-2-3-8-18-16/h2-3,5-8,11,17H,4,9-10H2,1H3,(H,18,19). The molecule has 0 radical (unpaired) electrons. The van der Waals surface area contributed by atoms with Crippen molar-refractivity contribution in [2.75, 3.05) is 23.7 Å². The molecule has 0 unspecified atom stereocenters. The lowest BCUT2D eigenvalue weighted by molar-refractivity contribution is -0.385. The number of ketones is 1. The van der Waals surface area contributed by atoms with Crippen LogP contribution in [0.5, 0.6) is 0 Å². The summed E-state index contributed by atoms with van der Waals surface area (Å²) in [7, 11) is 0. The first kappa shape index (κ1) is 16.4. The molecular formula is C16H18N4O3.